The molecule has 1 N–H and O–H groups in total. The molecule has 0 bridgehead atoms. The molecule has 7 heteroatoms. The maximum atomic E-state index is 12.4. The largest absolute Gasteiger partial charge is 0.485 e. The molecule has 1 heterocycles. The molecule has 7 nitrogen and oxygen atoms in total. The van der Waals surface area contributed by atoms with Crippen LogP contribution in [0.25, 0.3) is 11.5 Å². The van der Waals surface area contributed by atoms with Gasteiger partial charge in [-0.05, 0) is 58.4 Å². The van der Waals surface area contributed by atoms with Gasteiger partial charge < -0.3 is 19.2 Å². The first-order valence-corrected chi connectivity index (χ1v) is 15.6. The molecule has 0 aliphatic rings. The number of aryl methyl sites for hydroxylation is 1. The van der Waals surface area contributed by atoms with Gasteiger partial charge in [-0.1, -0.05) is 84.0 Å². The van der Waals surface area contributed by atoms with Crippen molar-refractivity contribution in [2.45, 2.75) is 143 Å². The van der Waals surface area contributed by atoms with E-state index in [1.165, 1.54) is 70.6 Å². The molecule has 0 spiro atoms. The highest BCUT2D eigenvalue weighted by atomic mass is 16.6. The molecule has 40 heavy (non-hydrogen) atoms. The van der Waals surface area contributed by atoms with E-state index < -0.39 is 11.2 Å². The standard InChI is InChI=1S/C33H55N3O4/c1-7-8-9-10-11-12-13-14-15-16-17-18-19-20-30(37)34-25-32(3,4)38-26-33(5,6)40-29-23-21-28(22-24-29)31-36-35-27(2)39-31/h21-24H,7-20,25-26H2,1-6H3,(H,34,37). The van der Waals surface area contributed by atoms with Crippen molar-refractivity contribution in [2.75, 3.05) is 13.2 Å². The lowest BCUT2D eigenvalue weighted by Crippen LogP contribution is -2.44. The highest BCUT2D eigenvalue weighted by Gasteiger charge is 2.27. The normalized spacial score (nSPS) is 12.1. The Morgan fingerprint density at radius 3 is 1.88 bits per heavy atom. The molecule has 0 aliphatic carbocycles. The van der Waals surface area contributed by atoms with E-state index in [0.29, 0.717) is 31.4 Å². The van der Waals surface area contributed by atoms with Crippen molar-refractivity contribution in [3.8, 4) is 17.2 Å². The number of nitrogens with one attached hydrogen (secondary N) is 1. The first-order chi connectivity index (χ1) is 19.1. The van der Waals surface area contributed by atoms with Crippen LogP contribution in [0.1, 0.15) is 130 Å². The molecular weight excluding hydrogens is 502 g/mol. The van der Waals surface area contributed by atoms with Crippen LogP contribution in [0, 0.1) is 6.92 Å². The van der Waals surface area contributed by atoms with E-state index in [2.05, 4.69) is 22.4 Å². The van der Waals surface area contributed by atoms with Crippen LogP contribution in [-0.2, 0) is 9.53 Å². The summed E-state index contributed by atoms with van der Waals surface area (Å²) in [6.07, 6.45) is 17.6. The Kier molecular flexibility index (Phi) is 15.3. The number of hydrogen-bond acceptors (Lipinski definition) is 6. The minimum atomic E-state index is -0.543. The van der Waals surface area contributed by atoms with Gasteiger partial charge in [0.05, 0.1) is 12.2 Å². The number of benzene rings is 1. The Hall–Kier alpha value is -2.41. The smallest absolute Gasteiger partial charge is 0.247 e. The zero-order valence-electron chi connectivity index (χ0n) is 26.2. The second-order valence-electron chi connectivity index (χ2n) is 12.3. The fraction of sp³-hybridized carbons (Fsp3) is 0.727. The third-order valence-corrected chi connectivity index (χ3v) is 7.05. The van der Waals surface area contributed by atoms with Crippen LogP contribution < -0.4 is 10.1 Å². The van der Waals surface area contributed by atoms with Crippen molar-refractivity contribution >= 4 is 5.91 Å². The predicted molar refractivity (Wildman–Crippen MR) is 163 cm³/mol. The van der Waals surface area contributed by atoms with Crippen LogP contribution in [0.2, 0.25) is 0 Å². The number of nitrogens with zero attached hydrogens (tertiary/aromatic N) is 2. The van der Waals surface area contributed by atoms with Gasteiger partial charge in [0.2, 0.25) is 17.7 Å². The molecule has 2 rings (SSSR count). The lowest BCUT2D eigenvalue weighted by Gasteiger charge is -2.32. The molecule has 1 amide bonds. The van der Waals surface area contributed by atoms with E-state index in [4.69, 9.17) is 13.9 Å². The number of rotatable bonds is 22. The van der Waals surface area contributed by atoms with E-state index in [0.717, 1.165) is 24.2 Å². The van der Waals surface area contributed by atoms with Gasteiger partial charge in [-0.25, -0.2) is 0 Å². The number of aromatic nitrogens is 2. The molecule has 0 saturated heterocycles. The van der Waals surface area contributed by atoms with Gasteiger partial charge >= 0.3 is 0 Å². The summed E-state index contributed by atoms with van der Waals surface area (Å²) < 4.78 is 17.8. The third-order valence-electron chi connectivity index (χ3n) is 7.05. The number of carbonyl (C=O) groups is 1. The second kappa shape index (κ2) is 18.1. The Bertz CT molecular complexity index is 953. The summed E-state index contributed by atoms with van der Waals surface area (Å²) in [6.45, 7) is 12.9. The van der Waals surface area contributed by atoms with Crippen molar-refractivity contribution < 1.29 is 18.7 Å². The van der Waals surface area contributed by atoms with Crippen LogP contribution >= 0.6 is 0 Å². The molecular formula is C33H55N3O4. The van der Waals surface area contributed by atoms with E-state index in [-0.39, 0.29) is 5.91 Å². The molecule has 0 aliphatic heterocycles. The van der Waals surface area contributed by atoms with Gasteiger partial charge in [0.25, 0.3) is 0 Å². The summed E-state index contributed by atoms with van der Waals surface area (Å²) in [5, 5.41) is 11.0. The SMILES string of the molecule is CCCCCCCCCCCCCCCC(=O)NCC(C)(C)OCC(C)(C)Oc1ccc(-c2nnc(C)o2)cc1. The van der Waals surface area contributed by atoms with Crippen molar-refractivity contribution in [3.63, 3.8) is 0 Å². The Labute approximate surface area is 243 Å². The van der Waals surface area contributed by atoms with Crippen LogP contribution in [0.5, 0.6) is 5.75 Å². The second-order valence-corrected chi connectivity index (χ2v) is 12.3. The fourth-order valence-corrected chi connectivity index (χ4v) is 4.55. The molecule has 2 aromatic rings. The first kappa shape index (κ1) is 33.8. The number of unbranched alkanes of at least 4 members (excludes halogenated alkanes) is 12. The summed E-state index contributed by atoms with van der Waals surface area (Å²) in [6, 6.07) is 7.57. The minimum Gasteiger partial charge on any atom is -0.485 e. The van der Waals surface area contributed by atoms with Crippen molar-refractivity contribution in [1.82, 2.24) is 15.5 Å². The number of ether oxygens (including phenoxy) is 2. The monoisotopic (exact) mass is 557 g/mol. The van der Waals surface area contributed by atoms with E-state index in [1.54, 1.807) is 6.92 Å². The summed E-state index contributed by atoms with van der Waals surface area (Å²) in [4.78, 5) is 12.4. The molecule has 0 saturated carbocycles. The summed E-state index contributed by atoms with van der Waals surface area (Å²) in [5.74, 6) is 1.86. The van der Waals surface area contributed by atoms with Crippen molar-refractivity contribution in [2.24, 2.45) is 0 Å². The van der Waals surface area contributed by atoms with Crippen LogP contribution in [0.15, 0.2) is 28.7 Å². The van der Waals surface area contributed by atoms with Gasteiger partial charge in [-0.15, -0.1) is 10.2 Å². The summed E-state index contributed by atoms with van der Waals surface area (Å²) >= 11 is 0. The minimum absolute atomic E-state index is 0.104. The van der Waals surface area contributed by atoms with Crippen molar-refractivity contribution in [3.05, 3.63) is 30.2 Å². The topological polar surface area (TPSA) is 86.5 Å². The molecule has 1 aromatic heterocycles. The summed E-state index contributed by atoms with van der Waals surface area (Å²) in [5.41, 5.74) is -0.192. The van der Waals surface area contributed by atoms with Crippen LogP contribution in [0.3, 0.4) is 0 Å². The first-order valence-electron chi connectivity index (χ1n) is 15.6. The fourth-order valence-electron chi connectivity index (χ4n) is 4.55. The molecule has 0 atom stereocenters. The number of carbonyl (C=O) groups excluding carboxylic acids is 1. The van der Waals surface area contributed by atoms with Gasteiger partial charge in [0.15, 0.2) is 0 Å². The lowest BCUT2D eigenvalue weighted by atomic mass is 10.0. The van der Waals surface area contributed by atoms with E-state index >= 15 is 0 Å². The quantitative estimate of drug-likeness (QED) is 0.146. The Balaban J connectivity index is 1.54. The van der Waals surface area contributed by atoms with Gasteiger partial charge in [0.1, 0.15) is 11.4 Å². The van der Waals surface area contributed by atoms with E-state index in [1.807, 2.05) is 52.0 Å². The summed E-state index contributed by atoms with van der Waals surface area (Å²) in [7, 11) is 0. The number of amides is 1. The van der Waals surface area contributed by atoms with Crippen LogP contribution in [0.4, 0.5) is 0 Å². The average Bonchev–Trinajstić information content (AvgIpc) is 3.35. The maximum Gasteiger partial charge on any atom is 0.247 e. The molecule has 0 radical (unpaired) electrons. The van der Waals surface area contributed by atoms with Crippen LogP contribution in [-0.4, -0.2) is 40.5 Å². The lowest BCUT2D eigenvalue weighted by molar-refractivity contribution is -0.124. The molecule has 1 aromatic carbocycles. The highest BCUT2D eigenvalue weighted by molar-refractivity contribution is 5.75. The zero-order valence-corrected chi connectivity index (χ0v) is 26.2. The molecule has 226 valence electrons. The maximum absolute atomic E-state index is 12.4. The average molecular weight is 558 g/mol. The predicted octanol–water partition coefficient (Wildman–Crippen LogP) is 8.60. The third kappa shape index (κ3) is 14.8. The van der Waals surface area contributed by atoms with Gasteiger partial charge in [-0.3, -0.25) is 4.79 Å². The van der Waals surface area contributed by atoms with E-state index in [9.17, 15) is 4.79 Å². The van der Waals surface area contributed by atoms with Crippen molar-refractivity contribution in [1.29, 1.82) is 0 Å². The van der Waals surface area contributed by atoms with Gasteiger partial charge in [-0.2, -0.15) is 0 Å². The zero-order chi connectivity index (χ0) is 29.3. The highest BCUT2D eigenvalue weighted by Crippen LogP contribution is 2.25. The van der Waals surface area contributed by atoms with Gasteiger partial charge in [0, 0.05) is 25.5 Å². The Morgan fingerprint density at radius 1 is 0.800 bits per heavy atom. The Morgan fingerprint density at radius 2 is 1.35 bits per heavy atom. The molecule has 0 fully saturated rings. The molecule has 0 unspecified atom stereocenters. The number of hydrogen-bond donors (Lipinski definition) is 1.